The number of likely N-dealkylation sites (N-methyl/N-ethyl adjacent to an activating group) is 1. The normalized spacial score (nSPS) is 24.8. The molecule has 5 rings (SSSR count). The summed E-state index contributed by atoms with van der Waals surface area (Å²) in [5.74, 6) is 0.663. The first kappa shape index (κ1) is 16.8. The van der Waals surface area contributed by atoms with Crippen LogP contribution in [0.1, 0.15) is 46.4 Å². The van der Waals surface area contributed by atoms with Gasteiger partial charge >= 0.3 is 0 Å². The predicted molar refractivity (Wildman–Crippen MR) is 106 cm³/mol. The minimum atomic E-state index is 0.0666. The van der Waals surface area contributed by atoms with Gasteiger partial charge in [-0.1, -0.05) is 12.1 Å². The topological polar surface area (TPSA) is 39.7 Å². The molecule has 1 amide bonds. The number of piperidine rings is 1. The van der Waals surface area contributed by atoms with Crippen LogP contribution in [-0.4, -0.2) is 60.5 Å². The summed E-state index contributed by atoms with van der Waals surface area (Å²) < 4.78 is 0. The van der Waals surface area contributed by atoms with Gasteiger partial charge in [0.2, 0.25) is 0 Å². The van der Waals surface area contributed by atoms with Gasteiger partial charge in [0.25, 0.3) is 5.91 Å². The zero-order valence-corrected chi connectivity index (χ0v) is 15.8. The third kappa shape index (κ3) is 2.90. The Morgan fingerprint density at radius 3 is 2.67 bits per heavy atom. The number of amides is 1. The smallest absolute Gasteiger partial charge is 0.272 e. The summed E-state index contributed by atoms with van der Waals surface area (Å²) in [4.78, 5) is 24.3. The summed E-state index contributed by atoms with van der Waals surface area (Å²) in [5, 5.41) is 0. The number of anilines is 1. The van der Waals surface area contributed by atoms with E-state index in [1.54, 1.807) is 6.20 Å². The maximum atomic E-state index is 13.1. The van der Waals surface area contributed by atoms with E-state index < -0.39 is 0 Å². The van der Waals surface area contributed by atoms with Gasteiger partial charge in [-0.3, -0.25) is 9.78 Å². The Hall–Kier alpha value is -2.40. The largest absolute Gasteiger partial charge is 0.369 e. The molecule has 2 aliphatic heterocycles. The summed E-state index contributed by atoms with van der Waals surface area (Å²) in [6.45, 7) is 5.17. The van der Waals surface area contributed by atoms with Crippen molar-refractivity contribution >= 4 is 11.6 Å². The van der Waals surface area contributed by atoms with Crippen LogP contribution in [-0.2, 0) is 0 Å². The Morgan fingerprint density at radius 1 is 1.04 bits per heavy atom. The highest BCUT2D eigenvalue weighted by atomic mass is 16.2. The van der Waals surface area contributed by atoms with E-state index in [9.17, 15) is 4.79 Å². The molecule has 2 bridgehead atoms. The molecule has 1 unspecified atom stereocenters. The van der Waals surface area contributed by atoms with Crippen LogP contribution in [0.15, 0.2) is 42.6 Å². The van der Waals surface area contributed by atoms with Crippen LogP contribution in [0.25, 0.3) is 0 Å². The number of piperazine rings is 1. The zero-order chi connectivity index (χ0) is 18.4. The minimum Gasteiger partial charge on any atom is -0.369 e. The number of aromatic nitrogens is 1. The second-order valence-corrected chi connectivity index (χ2v) is 8.05. The summed E-state index contributed by atoms with van der Waals surface area (Å²) in [5.41, 5.74) is 4.67. The first-order chi connectivity index (χ1) is 13.2. The van der Waals surface area contributed by atoms with Gasteiger partial charge in [-0.2, -0.15) is 0 Å². The number of benzene rings is 1. The average Bonchev–Trinajstić information content (AvgIpc) is 3.00. The van der Waals surface area contributed by atoms with Crippen molar-refractivity contribution in [3.05, 3.63) is 59.4 Å². The molecule has 140 valence electrons. The van der Waals surface area contributed by atoms with Crippen LogP contribution in [0.5, 0.6) is 0 Å². The fourth-order valence-corrected chi connectivity index (χ4v) is 4.91. The molecule has 2 saturated heterocycles. The second-order valence-electron chi connectivity index (χ2n) is 8.05. The van der Waals surface area contributed by atoms with Crippen LogP contribution in [0.3, 0.4) is 0 Å². The molecule has 1 aromatic heterocycles. The number of hydrogen-bond donors (Lipinski definition) is 0. The standard InChI is InChI=1S/C22H26N4O/c1-24-10-12-25(13-11-24)17-5-6-18-16-7-9-26(21(14-16)19(18)15-17)22(27)20-4-2-3-8-23-20/h2-6,8,15-16,21H,7,9-14H2,1H3/t16?,21-/m1/s1. The van der Waals surface area contributed by atoms with E-state index in [1.807, 2.05) is 18.2 Å². The molecule has 0 N–H and O–H groups in total. The third-order valence-electron chi connectivity index (χ3n) is 6.48. The lowest BCUT2D eigenvalue weighted by atomic mass is 9.95. The van der Waals surface area contributed by atoms with Crippen molar-refractivity contribution in [1.29, 1.82) is 0 Å². The van der Waals surface area contributed by atoms with Crippen LogP contribution in [0.2, 0.25) is 0 Å². The Morgan fingerprint density at radius 2 is 1.89 bits per heavy atom. The molecule has 2 fully saturated rings. The maximum Gasteiger partial charge on any atom is 0.272 e. The predicted octanol–water partition coefficient (Wildman–Crippen LogP) is 2.91. The lowest BCUT2D eigenvalue weighted by molar-refractivity contribution is 0.0614. The number of likely N-dealkylation sites (tertiary alicyclic amines) is 1. The molecule has 1 aliphatic carbocycles. The van der Waals surface area contributed by atoms with E-state index in [0.29, 0.717) is 11.6 Å². The molecule has 0 saturated carbocycles. The molecule has 0 radical (unpaired) electrons. The van der Waals surface area contributed by atoms with Gasteiger partial charge in [0, 0.05) is 44.6 Å². The highest BCUT2D eigenvalue weighted by Crippen LogP contribution is 2.50. The number of nitrogens with zero attached hydrogens (tertiary/aromatic N) is 4. The lowest BCUT2D eigenvalue weighted by Crippen LogP contribution is -2.44. The van der Waals surface area contributed by atoms with Crippen molar-refractivity contribution in [3.63, 3.8) is 0 Å². The van der Waals surface area contributed by atoms with Gasteiger partial charge in [0.15, 0.2) is 0 Å². The second kappa shape index (κ2) is 6.64. The number of carbonyl (C=O) groups is 1. The molecule has 5 heteroatoms. The Kier molecular flexibility index (Phi) is 4.12. The van der Waals surface area contributed by atoms with Crippen molar-refractivity contribution < 1.29 is 4.79 Å². The fraction of sp³-hybridized carbons (Fsp3) is 0.455. The summed E-state index contributed by atoms with van der Waals surface area (Å²) in [6, 6.07) is 12.7. The molecular weight excluding hydrogens is 336 g/mol. The quantitative estimate of drug-likeness (QED) is 0.824. The summed E-state index contributed by atoms with van der Waals surface area (Å²) in [6.07, 6.45) is 3.81. The SMILES string of the molecule is CN1CCN(c2ccc3c(c2)[C@H]2CC3CCN2C(=O)c2ccccn2)CC1. The van der Waals surface area contributed by atoms with E-state index >= 15 is 0 Å². The van der Waals surface area contributed by atoms with Gasteiger partial charge in [-0.05, 0) is 61.2 Å². The van der Waals surface area contributed by atoms with Gasteiger partial charge in [-0.15, -0.1) is 0 Å². The van der Waals surface area contributed by atoms with Gasteiger partial charge in [0.1, 0.15) is 5.69 Å². The van der Waals surface area contributed by atoms with Gasteiger partial charge < -0.3 is 14.7 Å². The molecule has 3 aliphatic rings. The fourth-order valence-electron chi connectivity index (χ4n) is 4.91. The van der Waals surface area contributed by atoms with Crippen molar-refractivity contribution in [3.8, 4) is 0 Å². The van der Waals surface area contributed by atoms with Crippen molar-refractivity contribution in [1.82, 2.24) is 14.8 Å². The molecule has 1 aromatic carbocycles. The maximum absolute atomic E-state index is 13.1. The monoisotopic (exact) mass is 362 g/mol. The lowest BCUT2D eigenvalue weighted by Gasteiger charge is -2.35. The van der Waals surface area contributed by atoms with Crippen molar-refractivity contribution in [2.75, 3.05) is 44.7 Å². The van der Waals surface area contributed by atoms with E-state index in [1.165, 1.54) is 16.8 Å². The van der Waals surface area contributed by atoms with Crippen LogP contribution in [0, 0.1) is 0 Å². The molecule has 0 spiro atoms. The first-order valence-corrected chi connectivity index (χ1v) is 10.00. The molecular formula is C22H26N4O. The number of hydrogen-bond acceptors (Lipinski definition) is 4. The number of carbonyl (C=O) groups excluding carboxylic acids is 1. The van der Waals surface area contributed by atoms with E-state index in [0.717, 1.165) is 45.6 Å². The molecule has 27 heavy (non-hydrogen) atoms. The van der Waals surface area contributed by atoms with Crippen LogP contribution in [0.4, 0.5) is 5.69 Å². The Labute approximate surface area is 160 Å². The summed E-state index contributed by atoms with van der Waals surface area (Å²) in [7, 11) is 2.18. The van der Waals surface area contributed by atoms with E-state index in [2.05, 4.69) is 44.9 Å². The van der Waals surface area contributed by atoms with Crippen LogP contribution >= 0.6 is 0 Å². The number of pyridine rings is 1. The molecule has 2 atom stereocenters. The van der Waals surface area contributed by atoms with E-state index in [4.69, 9.17) is 0 Å². The van der Waals surface area contributed by atoms with Gasteiger partial charge in [0.05, 0.1) is 6.04 Å². The first-order valence-electron chi connectivity index (χ1n) is 10.00. The molecule has 2 aromatic rings. The van der Waals surface area contributed by atoms with Crippen molar-refractivity contribution in [2.24, 2.45) is 0 Å². The molecule has 5 nitrogen and oxygen atoms in total. The van der Waals surface area contributed by atoms with E-state index in [-0.39, 0.29) is 11.9 Å². The minimum absolute atomic E-state index is 0.0666. The molecule has 3 heterocycles. The summed E-state index contributed by atoms with van der Waals surface area (Å²) >= 11 is 0. The average molecular weight is 362 g/mol. The number of fused-ring (bicyclic) bond motifs is 5. The Bertz CT molecular complexity index is 845. The third-order valence-corrected chi connectivity index (χ3v) is 6.48. The van der Waals surface area contributed by atoms with Crippen LogP contribution < -0.4 is 4.90 Å². The highest BCUT2D eigenvalue weighted by molar-refractivity contribution is 5.92. The highest BCUT2D eigenvalue weighted by Gasteiger charge is 2.41. The zero-order valence-electron chi connectivity index (χ0n) is 15.8. The van der Waals surface area contributed by atoms with Crippen molar-refractivity contribution in [2.45, 2.75) is 24.8 Å². The Balaban J connectivity index is 1.44. The van der Waals surface area contributed by atoms with Gasteiger partial charge in [-0.25, -0.2) is 0 Å². The number of rotatable bonds is 2.